The minimum Gasteiger partial charge on any atom is -0.481 e. The second kappa shape index (κ2) is 4.11. The molecule has 0 aromatic heterocycles. The molecule has 13 heavy (non-hydrogen) atoms. The first kappa shape index (κ1) is 10.5. The van der Waals surface area contributed by atoms with Crippen LogP contribution < -0.4 is 0 Å². The van der Waals surface area contributed by atoms with Gasteiger partial charge in [0.2, 0.25) is 0 Å². The molecule has 0 saturated carbocycles. The van der Waals surface area contributed by atoms with Gasteiger partial charge in [-0.1, -0.05) is 17.7 Å². The van der Waals surface area contributed by atoms with Crippen LogP contribution in [-0.4, -0.2) is 11.1 Å². The molecular formula is C9H8BrClO2. The maximum Gasteiger partial charge on any atom is 0.307 e. The predicted molar refractivity (Wildman–Crippen MR) is 55.2 cm³/mol. The van der Waals surface area contributed by atoms with Crippen LogP contribution in [0, 0.1) is 6.92 Å². The molecule has 0 heterocycles. The topological polar surface area (TPSA) is 37.3 Å². The van der Waals surface area contributed by atoms with Gasteiger partial charge in [0, 0.05) is 4.47 Å². The molecule has 1 N–H and O–H groups in total. The van der Waals surface area contributed by atoms with Gasteiger partial charge in [0.1, 0.15) is 0 Å². The number of aliphatic carboxylic acids is 1. The Morgan fingerprint density at radius 3 is 2.77 bits per heavy atom. The van der Waals surface area contributed by atoms with E-state index in [-0.39, 0.29) is 6.42 Å². The Bertz CT molecular complexity index is 350. The zero-order chi connectivity index (χ0) is 10.0. The van der Waals surface area contributed by atoms with Crippen molar-refractivity contribution in [1.82, 2.24) is 0 Å². The van der Waals surface area contributed by atoms with E-state index in [2.05, 4.69) is 15.9 Å². The Hall–Kier alpha value is -0.540. The second-order valence-electron chi connectivity index (χ2n) is 2.79. The molecule has 0 bridgehead atoms. The van der Waals surface area contributed by atoms with Crippen molar-refractivity contribution in [2.75, 3.05) is 0 Å². The quantitative estimate of drug-likeness (QED) is 0.890. The van der Waals surface area contributed by atoms with Gasteiger partial charge in [0.05, 0.1) is 11.4 Å². The van der Waals surface area contributed by atoms with Gasteiger partial charge < -0.3 is 5.11 Å². The first-order chi connectivity index (χ1) is 6.00. The van der Waals surface area contributed by atoms with Gasteiger partial charge in [0.25, 0.3) is 0 Å². The molecule has 2 nitrogen and oxygen atoms in total. The highest BCUT2D eigenvalue weighted by atomic mass is 79.9. The van der Waals surface area contributed by atoms with Crippen LogP contribution in [0.15, 0.2) is 16.6 Å². The molecule has 70 valence electrons. The fourth-order valence-corrected chi connectivity index (χ4v) is 1.88. The number of hydrogen-bond donors (Lipinski definition) is 1. The van der Waals surface area contributed by atoms with E-state index in [0.29, 0.717) is 10.6 Å². The summed E-state index contributed by atoms with van der Waals surface area (Å²) in [4.78, 5) is 10.5. The highest BCUT2D eigenvalue weighted by Gasteiger charge is 2.08. The highest BCUT2D eigenvalue weighted by Crippen LogP contribution is 2.28. The van der Waals surface area contributed by atoms with Crippen LogP contribution in [0.5, 0.6) is 0 Å². The Labute approximate surface area is 89.7 Å². The van der Waals surface area contributed by atoms with Crippen molar-refractivity contribution in [1.29, 1.82) is 0 Å². The summed E-state index contributed by atoms with van der Waals surface area (Å²) in [5.41, 5.74) is 1.63. The molecule has 0 aliphatic carbocycles. The number of carbonyl (C=O) groups is 1. The number of carboxylic acid groups (broad SMARTS) is 1. The van der Waals surface area contributed by atoms with E-state index in [0.717, 1.165) is 10.0 Å². The number of benzene rings is 1. The van der Waals surface area contributed by atoms with E-state index in [1.807, 2.05) is 13.0 Å². The summed E-state index contributed by atoms with van der Waals surface area (Å²) in [5.74, 6) is -0.876. The molecule has 1 aromatic rings. The van der Waals surface area contributed by atoms with Gasteiger partial charge in [-0.3, -0.25) is 4.79 Å². The average Bonchev–Trinajstić information content (AvgIpc) is 1.98. The first-order valence-electron chi connectivity index (χ1n) is 3.67. The normalized spacial score (nSPS) is 10.1. The number of aryl methyl sites for hydroxylation is 1. The molecule has 0 radical (unpaired) electrons. The number of halogens is 2. The zero-order valence-electron chi connectivity index (χ0n) is 6.97. The largest absolute Gasteiger partial charge is 0.481 e. The van der Waals surface area contributed by atoms with Crippen LogP contribution in [0.3, 0.4) is 0 Å². The summed E-state index contributed by atoms with van der Waals surface area (Å²) in [6, 6.07) is 3.63. The van der Waals surface area contributed by atoms with Gasteiger partial charge in [-0.05, 0) is 40.0 Å². The molecule has 0 saturated heterocycles. The third-order valence-electron chi connectivity index (χ3n) is 1.59. The van der Waals surface area contributed by atoms with Crippen LogP contribution in [-0.2, 0) is 11.2 Å². The molecule has 0 aliphatic rings. The van der Waals surface area contributed by atoms with Crippen LogP contribution in [0.2, 0.25) is 5.02 Å². The number of rotatable bonds is 2. The molecule has 0 spiro atoms. The van der Waals surface area contributed by atoms with Gasteiger partial charge >= 0.3 is 5.97 Å². The molecule has 0 fully saturated rings. The van der Waals surface area contributed by atoms with Crippen molar-refractivity contribution in [2.24, 2.45) is 0 Å². The van der Waals surface area contributed by atoms with E-state index < -0.39 is 5.97 Å². The minimum absolute atomic E-state index is 0.0425. The number of hydrogen-bond acceptors (Lipinski definition) is 1. The average molecular weight is 264 g/mol. The molecule has 0 atom stereocenters. The van der Waals surface area contributed by atoms with Gasteiger partial charge in [-0.15, -0.1) is 0 Å². The van der Waals surface area contributed by atoms with Crippen molar-refractivity contribution in [3.05, 3.63) is 32.8 Å². The standard InChI is InChI=1S/C9H8BrClO2/c1-5-2-6(4-8(12)13)9(11)7(10)3-5/h2-3H,4H2,1H3,(H,12,13). The Morgan fingerprint density at radius 2 is 2.23 bits per heavy atom. The fourth-order valence-electron chi connectivity index (χ4n) is 1.09. The van der Waals surface area contributed by atoms with E-state index in [9.17, 15) is 4.79 Å². The molecule has 4 heteroatoms. The third kappa shape index (κ3) is 2.71. The molecule has 1 aromatic carbocycles. The lowest BCUT2D eigenvalue weighted by molar-refractivity contribution is -0.136. The maximum atomic E-state index is 10.5. The van der Waals surface area contributed by atoms with Gasteiger partial charge in [0.15, 0.2) is 0 Å². The lowest BCUT2D eigenvalue weighted by atomic mass is 10.1. The van der Waals surface area contributed by atoms with E-state index in [1.165, 1.54) is 0 Å². The summed E-state index contributed by atoms with van der Waals surface area (Å²) in [6.07, 6.45) is -0.0425. The summed E-state index contributed by atoms with van der Waals surface area (Å²) >= 11 is 9.16. The van der Waals surface area contributed by atoms with E-state index >= 15 is 0 Å². The van der Waals surface area contributed by atoms with Gasteiger partial charge in [-0.25, -0.2) is 0 Å². The van der Waals surface area contributed by atoms with Crippen LogP contribution >= 0.6 is 27.5 Å². The van der Waals surface area contributed by atoms with Crippen molar-refractivity contribution in [2.45, 2.75) is 13.3 Å². The monoisotopic (exact) mass is 262 g/mol. The minimum atomic E-state index is -0.876. The van der Waals surface area contributed by atoms with Crippen molar-refractivity contribution >= 4 is 33.5 Å². The van der Waals surface area contributed by atoms with Crippen LogP contribution in [0.4, 0.5) is 0 Å². The van der Waals surface area contributed by atoms with Crippen LogP contribution in [0.25, 0.3) is 0 Å². The molecular weight excluding hydrogens is 255 g/mol. The van der Waals surface area contributed by atoms with Crippen molar-refractivity contribution in [3.63, 3.8) is 0 Å². The summed E-state index contributed by atoms with van der Waals surface area (Å²) in [6.45, 7) is 1.90. The third-order valence-corrected chi connectivity index (χ3v) is 2.89. The fraction of sp³-hybridized carbons (Fsp3) is 0.222. The highest BCUT2D eigenvalue weighted by molar-refractivity contribution is 9.10. The SMILES string of the molecule is Cc1cc(Br)c(Cl)c(CC(=O)O)c1. The van der Waals surface area contributed by atoms with Gasteiger partial charge in [-0.2, -0.15) is 0 Å². The summed E-state index contributed by atoms with van der Waals surface area (Å²) < 4.78 is 0.741. The number of carboxylic acids is 1. The smallest absolute Gasteiger partial charge is 0.307 e. The molecule has 0 aliphatic heterocycles. The Morgan fingerprint density at radius 1 is 1.62 bits per heavy atom. The lowest BCUT2D eigenvalue weighted by Crippen LogP contribution is -2.01. The molecule has 0 amide bonds. The lowest BCUT2D eigenvalue weighted by Gasteiger charge is -2.04. The summed E-state index contributed by atoms with van der Waals surface area (Å²) in [5, 5.41) is 9.08. The second-order valence-corrected chi connectivity index (χ2v) is 4.02. The molecule has 1 rings (SSSR count). The first-order valence-corrected chi connectivity index (χ1v) is 4.84. The summed E-state index contributed by atoms with van der Waals surface area (Å²) in [7, 11) is 0. The molecule has 0 unspecified atom stereocenters. The van der Waals surface area contributed by atoms with Crippen molar-refractivity contribution in [3.8, 4) is 0 Å². The Balaban J connectivity index is 3.12. The Kier molecular flexibility index (Phi) is 3.33. The van der Waals surface area contributed by atoms with Crippen molar-refractivity contribution < 1.29 is 9.90 Å². The van der Waals surface area contributed by atoms with E-state index in [1.54, 1.807) is 6.07 Å². The predicted octanol–water partition coefficient (Wildman–Crippen LogP) is 3.04. The zero-order valence-corrected chi connectivity index (χ0v) is 9.32. The van der Waals surface area contributed by atoms with E-state index in [4.69, 9.17) is 16.7 Å². The maximum absolute atomic E-state index is 10.5. The van der Waals surface area contributed by atoms with Crippen LogP contribution in [0.1, 0.15) is 11.1 Å².